The molecule has 6 nitrogen and oxygen atoms in total. The number of hydrogen-bond acceptors (Lipinski definition) is 4. The maximum atomic E-state index is 13.0. The van der Waals surface area contributed by atoms with Gasteiger partial charge in [0, 0.05) is 6.54 Å². The number of hydrogen-bond donors (Lipinski definition) is 2. The highest BCUT2D eigenvalue weighted by molar-refractivity contribution is 5.86. The molecular weight excluding hydrogens is 339 g/mol. The van der Waals surface area contributed by atoms with Crippen molar-refractivity contribution >= 4 is 12.0 Å². The van der Waals surface area contributed by atoms with E-state index < -0.39 is 29.2 Å². The third-order valence-corrected chi connectivity index (χ3v) is 4.26. The molecule has 2 amide bonds. The van der Waals surface area contributed by atoms with E-state index in [1.54, 1.807) is 27.7 Å². The molecule has 2 rings (SSSR count). The van der Waals surface area contributed by atoms with Crippen LogP contribution in [-0.2, 0) is 15.1 Å². The zero-order valence-electron chi connectivity index (χ0n) is 15.7. The van der Waals surface area contributed by atoms with Gasteiger partial charge in [0.05, 0.1) is 6.54 Å². The minimum atomic E-state index is -1.35. The Labute approximate surface area is 153 Å². The predicted octanol–water partition coefficient (Wildman–Crippen LogP) is 2.55. The summed E-state index contributed by atoms with van der Waals surface area (Å²) in [4.78, 5) is 26.2. The number of carbonyl (C=O) groups excluding carboxylic acids is 2. The van der Waals surface area contributed by atoms with Gasteiger partial charge < -0.3 is 15.2 Å². The SMILES string of the molecule is CC(C)(C)OC(=O)N1CCCC1C(=O)NCC(C)(O)c1ccc(F)cc1. The molecule has 7 heteroatoms. The summed E-state index contributed by atoms with van der Waals surface area (Å²) in [5, 5.41) is 13.2. The van der Waals surface area contributed by atoms with Gasteiger partial charge in [0.15, 0.2) is 0 Å². The van der Waals surface area contributed by atoms with Crippen LogP contribution in [0.25, 0.3) is 0 Å². The van der Waals surface area contributed by atoms with E-state index in [9.17, 15) is 19.1 Å². The van der Waals surface area contributed by atoms with E-state index in [2.05, 4.69) is 5.32 Å². The fourth-order valence-corrected chi connectivity index (χ4v) is 2.87. The topological polar surface area (TPSA) is 78.9 Å². The smallest absolute Gasteiger partial charge is 0.410 e. The molecule has 144 valence electrons. The number of carbonyl (C=O) groups is 2. The summed E-state index contributed by atoms with van der Waals surface area (Å²) >= 11 is 0. The molecule has 0 radical (unpaired) electrons. The normalized spacial score (nSPS) is 19.8. The van der Waals surface area contributed by atoms with Crippen LogP contribution in [-0.4, -0.2) is 46.7 Å². The molecule has 0 bridgehead atoms. The number of halogens is 1. The average molecular weight is 366 g/mol. The van der Waals surface area contributed by atoms with Gasteiger partial charge in [-0.05, 0) is 58.2 Å². The van der Waals surface area contributed by atoms with Crippen molar-refractivity contribution in [1.82, 2.24) is 10.2 Å². The van der Waals surface area contributed by atoms with Crippen molar-refractivity contribution in [2.75, 3.05) is 13.1 Å². The van der Waals surface area contributed by atoms with Crippen LogP contribution in [0.5, 0.6) is 0 Å². The van der Waals surface area contributed by atoms with Crippen molar-refractivity contribution in [3.8, 4) is 0 Å². The third-order valence-electron chi connectivity index (χ3n) is 4.26. The molecule has 1 aromatic carbocycles. The molecule has 2 atom stereocenters. The Morgan fingerprint density at radius 1 is 1.27 bits per heavy atom. The van der Waals surface area contributed by atoms with Crippen LogP contribution in [0.4, 0.5) is 9.18 Å². The maximum absolute atomic E-state index is 13.0. The fraction of sp³-hybridized carbons (Fsp3) is 0.579. The van der Waals surface area contributed by atoms with Crippen LogP contribution in [0.3, 0.4) is 0 Å². The number of ether oxygens (including phenoxy) is 1. The summed E-state index contributed by atoms with van der Waals surface area (Å²) in [6, 6.07) is 4.85. The van der Waals surface area contributed by atoms with Crippen molar-refractivity contribution in [2.45, 2.75) is 57.8 Å². The Bertz CT molecular complexity index is 652. The van der Waals surface area contributed by atoms with Crippen LogP contribution >= 0.6 is 0 Å². The molecule has 2 N–H and O–H groups in total. The summed E-state index contributed by atoms with van der Waals surface area (Å²) in [6.07, 6.45) is 0.746. The lowest BCUT2D eigenvalue weighted by molar-refractivity contribution is -0.126. The van der Waals surface area contributed by atoms with Crippen LogP contribution in [0.1, 0.15) is 46.1 Å². The largest absolute Gasteiger partial charge is 0.444 e. The van der Waals surface area contributed by atoms with Crippen molar-refractivity contribution in [3.63, 3.8) is 0 Å². The van der Waals surface area contributed by atoms with E-state index in [1.807, 2.05) is 0 Å². The van der Waals surface area contributed by atoms with Gasteiger partial charge in [-0.15, -0.1) is 0 Å². The Hall–Kier alpha value is -2.15. The molecule has 1 fully saturated rings. The third kappa shape index (κ3) is 5.17. The van der Waals surface area contributed by atoms with Crippen LogP contribution in [0, 0.1) is 5.82 Å². The lowest BCUT2D eigenvalue weighted by Crippen LogP contribution is -2.50. The first-order valence-corrected chi connectivity index (χ1v) is 8.75. The van der Waals surface area contributed by atoms with Crippen molar-refractivity contribution in [1.29, 1.82) is 0 Å². The first kappa shape index (κ1) is 20.2. The van der Waals surface area contributed by atoms with Crippen molar-refractivity contribution in [3.05, 3.63) is 35.6 Å². The Kier molecular flexibility index (Phi) is 5.91. The van der Waals surface area contributed by atoms with Gasteiger partial charge >= 0.3 is 6.09 Å². The lowest BCUT2D eigenvalue weighted by atomic mass is 9.96. The van der Waals surface area contributed by atoms with Gasteiger partial charge in [-0.1, -0.05) is 12.1 Å². The summed E-state index contributed by atoms with van der Waals surface area (Å²) < 4.78 is 18.4. The molecular formula is C19H27FN2O4. The molecule has 0 aliphatic carbocycles. The Morgan fingerprint density at radius 3 is 2.46 bits per heavy atom. The second-order valence-corrected chi connectivity index (χ2v) is 7.83. The first-order valence-electron chi connectivity index (χ1n) is 8.75. The monoisotopic (exact) mass is 366 g/mol. The lowest BCUT2D eigenvalue weighted by Gasteiger charge is -2.29. The molecule has 1 heterocycles. The summed E-state index contributed by atoms with van der Waals surface area (Å²) in [6.45, 7) is 7.28. The average Bonchev–Trinajstić information content (AvgIpc) is 3.01. The van der Waals surface area contributed by atoms with E-state index >= 15 is 0 Å². The summed E-state index contributed by atoms with van der Waals surface area (Å²) in [5.41, 5.74) is -1.49. The van der Waals surface area contributed by atoms with Gasteiger partial charge in [0.1, 0.15) is 23.1 Å². The summed E-state index contributed by atoms with van der Waals surface area (Å²) in [5.74, 6) is -0.733. The van der Waals surface area contributed by atoms with Crippen molar-refractivity contribution < 1.29 is 23.8 Å². The van der Waals surface area contributed by atoms with Crippen molar-refractivity contribution in [2.24, 2.45) is 0 Å². The number of nitrogens with one attached hydrogen (secondary N) is 1. The fourth-order valence-electron chi connectivity index (χ4n) is 2.87. The maximum Gasteiger partial charge on any atom is 0.410 e. The Balaban J connectivity index is 1.97. The highest BCUT2D eigenvalue weighted by atomic mass is 19.1. The number of nitrogens with zero attached hydrogens (tertiary/aromatic N) is 1. The quantitative estimate of drug-likeness (QED) is 0.858. The molecule has 1 aliphatic rings. The van der Waals surface area contributed by atoms with Gasteiger partial charge in [-0.3, -0.25) is 9.69 Å². The molecule has 26 heavy (non-hydrogen) atoms. The highest BCUT2D eigenvalue weighted by Gasteiger charge is 2.37. The van der Waals surface area contributed by atoms with Gasteiger partial charge in [-0.25, -0.2) is 9.18 Å². The van der Waals surface area contributed by atoms with Crippen LogP contribution in [0.2, 0.25) is 0 Å². The van der Waals surface area contributed by atoms with Crippen LogP contribution in [0.15, 0.2) is 24.3 Å². The van der Waals surface area contributed by atoms with E-state index in [0.29, 0.717) is 24.9 Å². The minimum absolute atomic E-state index is 0.0455. The summed E-state index contributed by atoms with van der Waals surface area (Å²) in [7, 11) is 0. The highest BCUT2D eigenvalue weighted by Crippen LogP contribution is 2.23. The second-order valence-electron chi connectivity index (χ2n) is 7.83. The molecule has 2 unspecified atom stereocenters. The van der Waals surface area contributed by atoms with E-state index in [4.69, 9.17) is 4.74 Å². The van der Waals surface area contributed by atoms with E-state index in [0.717, 1.165) is 0 Å². The number of amides is 2. The zero-order valence-corrected chi connectivity index (χ0v) is 15.7. The minimum Gasteiger partial charge on any atom is -0.444 e. The molecule has 0 aromatic heterocycles. The van der Waals surface area contributed by atoms with E-state index in [1.165, 1.54) is 29.2 Å². The zero-order chi connectivity index (χ0) is 19.5. The van der Waals surface area contributed by atoms with Crippen LogP contribution < -0.4 is 5.32 Å². The predicted molar refractivity (Wildman–Crippen MR) is 94.9 cm³/mol. The molecule has 0 spiro atoms. The van der Waals surface area contributed by atoms with Gasteiger partial charge in [0.2, 0.25) is 5.91 Å². The number of likely N-dealkylation sites (tertiary alicyclic amines) is 1. The van der Waals surface area contributed by atoms with E-state index in [-0.39, 0.29) is 12.5 Å². The Morgan fingerprint density at radius 2 is 1.88 bits per heavy atom. The number of rotatable bonds is 4. The molecule has 1 aliphatic heterocycles. The second kappa shape index (κ2) is 7.61. The molecule has 1 aromatic rings. The standard InChI is InChI=1S/C19H27FN2O4/c1-18(2,3)26-17(24)22-11-5-6-15(22)16(23)21-12-19(4,25)13-7-9-14(20)10-8-13/h7-10,15,25H,5-6,11-12H2,1-4H3,(H,21,23). The molecule has 0 saturated carbocycles. The van der Waals surface area contributed by atoms with Gasteiger partial charge in [0.25, 0.3) is 0 Å². The van der Waals surface area contributed by atoms with Gasteiger partial charge in [-0.2, -0.15) is 0 Å². The first-order chi connectivity index (χ1) is 12.0. The molecule has 1 saturated heterocycles. The number of benzene rings is 1. The number of aliphatic hydroxyl groups is 1.